The van der Waals surface area contributed by atoms with Gasteiger partial charge in [-0.15, -0.1) is 13.2 Å². The molecule has 278 valence electrons. The summed E-state index contributed by atoms with van der Waals surface area (Å²) in [6.07, 6.45) is 5.74. The maximum absolute atomic E-state index is 14.9. The summed E-state index contributed by atoms with van der Waals surface area (Å²) >= 11 is 7.22. The predicted octanol–water partition coefficient (Wildman–Crippen LogP) is 7.44. The summed E-state index contributed by atoms with van der Waals surface area (Å²) in [5.74, 6) is -3.13. The van der Waals surface area contributed by atoms with Crippen LogP contribution in [0.25, 0.3) is 0 Å². The summed E-state index contributed by atoms with van der Waals surface area (Å²) in [7, 11) is 0. The first kappa shape index (κ1) is 36.0. The molecule has 1 aliphatic heterocycles. The first-order valence-corrected chi connectivity index (χ1v) is 18.8. The standard InChI is InChI=1S/C43H42ClN3O7/c1-3-18-47(19-4-2)37-30-21-27-20-29-34(32(52-23-25-12-7-5-8-13-25)22-28(36(29)44)31-16-11-17-45-31)38(48)33(27)40(49)43(30,51)41(50)35-39(37)54-46-42(35)53-24-26-14-9-6-10-15-26/h3-10,12-15,22,27,30-31,37,45,49,51H,1-2,11,16-21,23-24H2/t27-,30-,31?,37-,43-/m0/s1. The van der Waals surface area contributed by atoms with Crippen LogP contribution < -0.4 is 14.8 Å². The number of carbonyl (C=O) groups is 2. The number of aromatic nitrogens is 1. The van der Waals surface area contributed by atoms with Crippen LogP contribution >= 0.6 is 11.6 Å². The molecule has 1 fully saturated rings. The van der Waals surface area contributed by atoms with Gasteiger partial charge in [0.05, 0.1) is 11.6 Å². The summed E-state index contributed by atoms with van der Waals surface area (Å²) in [6, 6.07) is 20.1. The molecule has 1 saturated heterocycles. The Balaban J connectivity index is 1.25. The molecule has 54 heavy (non-hydrogen) atoms. The monoisotopic (exact) mass is 747 g/mol. The van der Waals surface area contributed by atoms with Crippen molar-refractivity contribution < 1.29 is 33.8 Å². The average Bonchev–Trinajstić information content (AvgIpc) is 3.87. The first-order chi connectivity index (χ1) is 26.3. The van der Waals surface area contributed by atoms with Gasteiger partial charge in [-0.05, 0) is 71.6 Å². The molecule has 0 spiro atoms. The minimum absolute atomic E-state index is 0.00587. The number of Topliss-reactive ketones (excluding diaryl/α,β-unsaturated/α-hetero) is 2. The molecule has 3 aromatic carbocycles. The summed E-state index contributed by atoms with van der Waals surface area (Å²) in [5, 5.41) is 33.2. The number of halogens is 1. The molecular weight excluding hydrogens is 706 g/mol. The van der Waals surface area contributed by atoms with E-state index in [0.29, 0.717) is 29.4 Å². The fraction of sp³-hybridized carbons (Fsp3) is 0.326. The summed E-state index contributed by atoms with van der Waals surface area (Å²) in [6.45, 7) is 9.68. The second-order valence-corrected chi connectivity index (χ2v) is 14.8. The van der Waals surface area contributed by atoms with E-state index in [-0.39, 0.29) is 60.4 Å². The highest BCUT2D eigenvalue weighted by Gasteiger charge is 2.64. The number of aliphatic hydroxyl groups excluding tert-OH is 1. The molecule has 5 atom stereocenters. The number of fused-ring (bicyclic) bond motifs is 4. The summed E-state index contributed by atoms with van der Waals surface area (Å²) in [5.41, 5.74) is 0.863. The highest BCUT2D eigenvalue weighted by atomic mass is 35.5. The van der Waals surface area contributed by atoms with Crippen molar-refractivity contribution in [1.29, 1.82) is 0 Å². The predicted molar refractivity (Wildman–Crippen MR) is 203 cm³/mol. The maximum atomic E-state index is 14.9. The Kier molecular flexibility index (Phi) is 9.78. The number of rotatable bonds is 12. The van der Waals surface area contributed by atoms with Crippen LogP contribution in [-0.2, 0) is 19.6 Å². The van der Waals surface area contributed by atoms with Crippen molar-refractivity contribution in [3.05, 3.63) is 148 Å². The number of carbonyl (C=O) groups excluding carboxylic acids is 2. The van der Waals surface area contributed by atoms with Crippen LogP contribution in [0, 0.1) is 11.8 Å². The van der Waals surface area contributed by atoms with Crippen LogP contribution in [0.4, 0.5) is 0 Å². The molecule has 2 heterocycles. The number of ketones is 2. The lowest BCUT2D eigenvalue weighted by Gasteiger charge is -2.50. The maximum Gasteiger partial charge on any atom is 0.265 e. The normalized spacial score (nSPS) is 24.4. The van der Waals surface area contributed by atoms with E-state index < -0.39 is 40.8 Å². The minimum Gasteiger partial charge on any atom is -0.508 e. The minimum atomic E-state index is -2.50. The van der Waals surface area contributed by atoms with E-state index in [1.807, 2.05) is 71.6 Å². The zero-order valence-corrected chi connectivity index (χ0v) is 30.6. The van der Waals surface area contributed by atoms with E-state index in [1.165, 1.54) is 0 Å². The Morgan fingerprint density at radius 1 is 1.00 bits per heavy atom. The fourth-order valence-electron chi connectivity index (χ4n) is 8.81. The van der Waals surface area contributed by atoms with Gasteiger partial charge >= 0.3 is 0 Å². The Morgan fingerprint density at radius 3 is 2.30 bits per heavy atom. The largest absolute Gasteiger partial charge is 0.508 e. The smallest absolute Gasteiger partial charge is 0.265 e. The number of nitrogens with zero attached hydrogens (tertiary/aromatic N) is 2. The van der Waals surface area contributed by atoms with Crippen molar-refractivity contribution in [2.45, 2.75) is 56.6 Å². The number of aliphatic hydroxyl groups is 2. The molecule has 11 heteroatoms. The molecule has 0 amide bonds. The van der Waals surface area contributed by atoms with E-state index in [9.17, 15) is 19.8 Å². The quantitative estimate of drug-likeness (QED) is 0.126. The van der Waals surface area contributed by atoms with Gasteiger partial charge in [0.15, 0.2) is 17.1 Å². The molecule has 0 saturated carbocycles. The van der Waals surface area contributed by atoms with Crippen molar-refractivity contribution in [2.24, 2.45) is 11.8 Å². The summed E-state index contributed by atoms with van der Waals surface area (Å²) in [4.78, 5) is 31.5. The highest BCUT2D eigenvalue weighted by Crippen LogP contribution is 2.57. The first-order valence-electron chi connectivity index (χ1n) is 18.4. The van der Waals surface area contributed by atoms with Gasteiger partial charge in [0, 0.05) is 35.6 Å². The van der Waals surface area contributed by atoms with E-state index in [4.69, 9.17) is 25.6 Å². The van der Waals surface area contributed by atoms with Crippen LogP contribution in [0.3, 0.4) is 0 Å². The van der Waals surface area contributed by atoms with E-state index in [2.05, 4.69) is 23.6 Å². The zero-order chi connectivity index (χ0) is 37.6. The average molecular weight is 748 g/mol. The fourth-order valence-corrected chi connectivity index (χ4v) is 9.17. The molecular formula is C43H42ClN3O7. The third kappa shape index (κ3) is 5.98. The zero-order valence-electron chi connectivity index (χ0n) is 29.8. The van der Waals surface area contributed by atoms with Crippen molar-refractivity contribution in [3.63, 3.8) is 0 Å². The van der Waals surface area contributed by atoms with Gasteiger partial charge in [-0.3, -0.25) is 14.5 Å². The molecule has 4 aliphatic rings. The van der Waals surface area contributed by atoms with Crippen LogP contribution in [-0.4, -0.2) is 57.1 Å². The van der Waals surface area contributed by atoms with Crippen molar-refractivity contribution >= 4 is 23.2 Å². The Morgan fingerprint density at radius 2 is 1.67 bits per heavy atom. The third-order valence-corrected chi connectivity index (χ3v) is 11.7. The Labute approximate surface area is 318 Å². The lowest BCUT2D eigenvalue weighted by Crippen LogP contribution is -2.60. The number of allylic oxidation sites excluding steroid dienone is 1. The molecule has 8 rings (SSSR count). The number of benzene rings is 3. The molecule has 1 unspecified atom stereocenters. The van der Waals surface area contributed by atoms with Gasteiger partial charge in [0.2, 0.25) is 5.78 Å². The topological polar surface area (TPSA) is 134 Å². The van der Waals surface area contributed by atoms with Crippen LogP contribution in [0.15, 0.2) is 108 Å². The molecule has 3 aliphatic carbocycles. The van der Waals surface area contributed by atoms with Crippen LogP contribution in [0.5, 0.6) is 11.6 Å². The number of hydrogen-bond acceptors (Lipinski definition) is 10. The van der Waals surface area contributed by atoms with E-state index >= 15 is 0 Å². The molecule has 3 N–H and O–H groups in total. The second-order valence-electron chi connectivity index (χ2n) is 14.5. The number of ether oxygens (including phenoxy) is 2. The van der Waals surface area contributed by atoms with Gasteiger partial charge < -0.3 is 29.5 Å². The van der Waals surface area contributed by atoms with Gasteiger partial charge in [0.1, 0.15) is 30.3 Å². The molecule has 0 radical (unpaired) electrons. The number of nitrogens with one attached hydrogen (secondary N) is 1. The van der Waals surface area contributed by atoms with E-state index in [1.54, 1.807) is 12.2 Å². The molecule has 4 aromatic rings. The lowest BCUT2D eigenvalue weighted by molar-refractivity contribution is -0.0601. The van der Waals surface area contributed by atoms with Crippen molar-refractivity contribution in [3.8, 4) is 11.6 Å². The van der Waals surface area contributed by atoms with E-state index in [0.717, 1.165) is 36.1 Å². The molecule has 0 bridgehead atoms. The van der Waals surface area contributed by atoms with Gasteiger partial charge in [-0.2, -0.15) is 0 Å². The SMILES string of the molecule is C=CCN(CC=C)[C@@H]1c2onc(OCc3ccccc3)c2C(=O)[C@@]2(O)C(O)=C3C(=O)c4c(OCc5ccccc5)cc(C5CCCN5)c(Cl)c4C[C@H]3C[C@@H]12. The third-order valence-electron chi connectivity index (χ3n) is 11.3. The summed E-state index contributed by atoms with van der Waals surface area (Å²) < 4.78 is 18.3. The van der Waals surface area contributed by atoms with Crippen molar-refractivity contribution in [2.75, 3.05) is 19.6 Å². The highest BCUT2D eigenvalue weighted by molar-refractivity contribution is 6.33. The molecule has 10 nitrogen and oxygen atoms in total. The van der Waals surface area contributed by atoms with Crippen molar-refractivity contribution in [1.82, 2.24) is 15.4 Å². The van der Waals surface area contributed by atoms with Crippen LogP contribution in [0.2, 0.25) is 5.02 Å². The Bertz CT molecular complexity index is 2130. The molecule has 1 aromatic heterocycles. The lowest BCUT2D eigenvalue weighted by atomic mass is 9.58. The van der Waals surface area contributed by atoms with Gasteiger partial charge in [0.25, 0.3) is 5.88 Å². The Hall–Kier alpha value is -5.00. The van der Waals surface area contributed by atoms with Gasteiger partial charge in [-0.1, -0.05) is 84.4 Å². The van der Waals surface area contributed by atoms with Gasteiger partial charge in [-0.25, -0.2) is 0 Å². The second kappa shape index (κ2) is 14.7. The number of hydrogen-bond donors (Lipinski definition) is 3. The van der Waals surface area contributed by atoms with Crippen LogP contribution in [0.1, 0.15) is 80.1 Å².